The van der Waals surface area contributed by atoms with E-state index in [0.29, 0.717) is 6.42 Å². The normalized spacial score (nSPS) is 10.5. The van der Waals surface area contributed by atoms with Crippen molar-refractivity contribution >= 4 is 11.6 Å². The van der Waals surface area contributed by atoms with Gasteiger partial charge in [-0.15, -0.1) is 0 Å². The SMILES string of the molecule is CCC(C)(C)C(=O)Nc1ccccc1C#CCCO. The van der Waals surface area contributed by atoms with Gasteiger partial charge in [0, 0.05) is 17.4 Å². The number of para-hydroxylation sites is 1. The number of anilines is 1. The number of rotatable bonds is 4. The van der Waals surface area contributed by atoms with E-state index in [-0.39, 0.29) is 12.5 Å². The molecule has 0 aliphatic heterocycles. The van der Waals surface area contributed by atoms with E-state index < -0.39 is 5.41 Å². The second-order valence-corrected chi connectivity index (χ2v) is 5.01. The molecule has 0 aliphatic carbocycles. The molecule has 0 saturated carbocycles. The first-order valence-electron chi connectivity index (χ1n) is 6.51. The van der Waals surface area contributed by atoms with Crippen LogP contribution in [0.2, 0.25) is 0 Å². The van der Waals surface area contributed by atoms with Crippen molar-refractivity contribution in [3.63, 3.8) is 0 Å². The molecule has 19 heavy (non-hydrogen) atoms. The monoisotopic (exact) mass is 259 g/mol. The lowest BCUT2D eigenvalue weighted by Gasteiger charge is -2.21. The summed E-state index contributed by atoms with van der Waals surface area (Å²) >= 11 is 0. The highest BCUT2D eigenvalue weighted by Gasteiger charge is 2.25. The van der Waals surface area contributed by atoms with Crippen LogP contribution in [0.25, 0.3) is 0 Å². The molecule has 0 saturated heterocycles. The zero-order valence-corrected chi connectivity index (χ0v) is 11.8. The van der Waals surface area contributed by atoms with Gasteiger partial charge in [0.15, 0.2) is 0 Å². The minimum atomic E-state index is -0.397. The first kappa shape index (κ1) is 15.3. The molecule has 1 aromatic rings. The number of aliphatic hydroxyl groups is 1. The van der Waals surface area contributed by atoms with Crippen molar-refractivity contribution in [3.05, 3.63) is 29.8 Å². The predicted molar refractivity (Wildman–Crippen MR) is 77.7 cm³/mol. The second-order valence-electron chi connectivity index (χ2n) is 5.01. The molecule has 0 heterocycles. The average molecular weight is 259 g/mol. The Bertz CT molecular complexity index is 495. The fourth-order valence-corrected chi connectivity index (χ4v) is 1.37. The van der Waals surface area contributed by atoms with Crippen LogP contribution in [-0.4, -0.2) is 17.6 Å². The van der Waals surface area contributed by atoms with E-state index >= 15 is 0 Å². The van der Waals surface area contributed by atoms with Crippen molar-refractivity contribution in [2.24, 2.45) is 5.41 Å². The summed E-state index contributed by atoms with van der Waals surface area (Å²) in [6, 6.07) is 7.45. The van der Waals surface area contributed by atoms with Gasteiger partial charge in [-0.2, -0.15) is 0 Å². The van der Waals surface area contributed by atoms with Crippen LogP contribution in [-0.2, 0) is 4.79 Å². The molecular weight excluding hydrogens is 238 g/mol. The Hall–Kier alpha value is -1.79. The standard InChI is InChI=1S/C16H21NO2/c1-4-16(2,3)15(19)17-14-11-6-5-9-13(14)10-7-8-12-18/h5-6,9,11,18H,4,8,12H2,1-3H3,(H,17,19). The van der Waals surface area contributed by atoms with Crippen molar-refractivity contribution in [1.29, 1.82) is 0 Å². The van der Waals surface area contributed by atoms with Gasteiger partial charge in [0.2, 0.25) is 5.91 Å². The van der Waals surface area contributed by atoms with Gasteiger partial charge >= 0.3 is 0 Å². The maximum absolute atomic E-state index is 12.1. The molecule has 0 aromatic heterocycles. The third-order valence-electron chi connectivity index (χ3n) is 3.13. The number of carbonyl (C=O) groups excluding carboxylic acids is 1. The number of carbonyl (C=O) groups is 1. The quantitative estimate of drug-likeness (QED) is 0.817. The highest BCUT2D eigenvalue weighted by Crippen LogP contribution is 2.23. The number of hydrogen-bond acceptors (Lipinski definition) is 2. The Labute approximate surface area is 115 Å². The van der Waals surface area contributed by atoms with Crippen LogP contribution >= 0.6 is 0 Å². The molecule has 0 aliphatic rings. The van der Waals surface area contributed by atoms with Gasteiger partial charge in [-0.3, -0.25) is 4.79 Å². The summed E-state index contributed by atoms with van der Waals surface area (Å²) in [6.45, 7) is 5.88. The van der Waals surface area contributed by atoms with Crippen LogP contribution in [0.4, 0.5) is 5.69 Å². The van der Waals surface area contributed by atoms with Gasteiger partial charge in [-0.1, -0.05) is 44.7 Å². The number of aliphatic hydroxyl groups excluding tert-OH is 1. The molecule has 0 spiro atoms. The summed E-state index contributed by atoms with van der Waals surface area (Å²) in [5.74, 6) is 5.82. The summed E-state index contributed by atoms with van der Waals surface area (Å²) in [6.07, 6.45) is 1.21. The molecule has 1 aromatic carbocycles. The van der Waals surface area contributed by atoms with Crippen molar-refractivity contribution in [2.75, 3.05) is 11.9 Å². The van der Waals surface area contributed by atoms with Crippen LogP contribution in [0.5, 0.6) is 0 Å². The van der Waals surface area contributed by atoms with E-state index in [1.807, 2.05) is 45.0 Å². The van der Waals surface area contributed by atoms with Gasteiger partial charge in [0.05, 0.1) is 12.3 Å². The van der Waals surface area contributed by atoms with E-state index in [2.05, 4.69) is 17.2 Å². The largest absolute Gasteiger partial charge is 0.395 e. The van der Waals surface area contributed by atoms with E-state index in [0.717, 1.165) is 17.7 Å². The first-order chi connectivity index (χ1) is 9.01. The van der Waals surface area contributed by atoms with Crippen molar-refractivity contribution in [1.82, 2.24) is 0 Å². The Balaban J connectivity index is 2.91. The van der Waals surface area contributed by atoms with Gasteiger partial charge in [-0.25, -0.2) is 0 Å². The van der Waals surface area contributed by atoms with Gasteiger partial charge < -0.3 is 10.4 Å². The first-order valence-corrected chi connectivity index (χ1v) is 6.51. The number of benzene rings is 1. The zero-order chi connectivity index (χ0) is 14.3. The Morgan fingerprint density at radius 3 is 2.68 bits per heavy atom. The lowest BCUT2D eigenvalue weighted by Crippen LogP contribution is -2.30. The Kier molecular flexibility index (Phi) is 5.59. The molecule has 0 radical (unpaired) electrons. The second kappa shape index (κ2) is 6.96. The van der Waals surface area contributed by atoms with Crippen LogP contribution in [0.1, 0.15) is 39.2 Å². The fraction of sp³-hybridized carbons (Fsp3) is 0.438. The molecule has 0 bridgehead atoms. The van der Waals surface area contributed by atoms with E-state index in [4.69, 9.17) is 5.11 Å². The number of hydrogen-bond donors (Lipinski definition) is 2. The molecule has 1 amide bonds. The number of nitrogens with one attached hydrogen (secondary N) is 1. The van der Waals surface area contributed by atoms with E-state index in [9.17, 15) is 4.79 Å². The summed E-state index contributed by atoms with van der Waals surface area (Å²) in [5.41, 5.74) is 1.10. The summed E-state index contributed by atoms with van der Waals surface area (Å²) < 4.78 is 0. The maximum atomic E-state index is 12.1. The molecular formula is C16H21NO2. The van der Waals surface area contributed by atoms with Crippen molar-refractivity contribution in [2.45, 2.75) is 33.6 Å². The van der Waals surface area contributed by atoms with Gasteiger partial charge in [0.25, 0.3) is 0 Å². The number of amides is 1. The average Bonchev–Trinajstić information content (AvgIpc) is 2.41. The van der Waals surface area contributed by atoms with Crippen molar-refractivity contribution in [3.8, 4) is 11.8 Å². The molecule has 3 nitrogen and oxygen atoms in total. The Morgan fingerprint density at radius 2 is 2.05 bits per heavy atom. The van der Waals surface area contributed by atoms with Gasteiger partial charge in [-0.05, 0) is 18.6 Å². The van der Waals surface area contributed by atoms with Gasteiger partial charge in [0.1, 0.15) is 0 Å². The van der Waals surface area contributed by atoms with Crippen molar-refractivity contribution < 1.29 is 9.90 Å². The van der Waals surface area contributed by atoms with Crippen LogP contribution in [0, 0.1) is 17.3 Å². The zero-order valence-electron chi connectivity index (χ0n) is 11.8. The minimum absolute atomic E-state index is 0.00796. The maximum Gasteiger partial charge on any atom is 0.230 e. The molecule has 2 N–H and O–H groups in total. The third kappa shape index (κ3) is 4.42. The molecule has 0 atom stereocenters. The summed E-state index contributed by atoms with van der Waals surface area (Å²) in [7, 11) is 0. The predicted octanol–water partition coefficient (Wildman–Crippen LogP) is 2.80. The summed E-state index contributed by atoms with van der Waals surface area (Å²) in [4.78, 5) is 12.1. The third-order valence-corrected chi connectivity index (χ3v) is 3.13. The smallest absolute Gasteiger partial charge is 0.230 e. The van der Waals surface area contributed by atoms with Crippen LogP contribution in [0.15, 0.2) is 24.3 Å². The topological polar surface area (TPSA) is 49.3 Å². The molecule has 1 rings (SSSR count). The highest BCUT2D eigenvalue weighted by molar-refractivity contribution is 5.95. The fourth-order valence-electron chi connectivity index (χ4n) is 1.37. The van der Waals surface area contributed by atoms with E-state index in [1.54, 1.807) is 0 Å². The Morgan fingerprint density at radius 1 is 1.37 bits per heavy atom. The molecule has 3 heteroatoms. The van der Waals surface area contributed by atoms with Crippen LogP contribution in [0.3, 0.4) is 0 Å². The van der Waals surface area contributed by atoms with E-state index in [1.165, 1.54) is 0 Å². The summed E-state index contributed by atoms with van der Waals surface area (Å²) in [5, 5.41) is 11.7. The van der Waals surface area contributed by atoms with Crippen LogP contribution < -0.4 is 5.32 Å². The molecule has 0 unspecified atom stereocenters. The lowest BCUT2D eigenvalue weighted by atomic mass is 9.89. The highest BCUT2D eigenvalue weighted by atomic mass is 16.2. The lowest BCUT2D eigenvalue weighted by molar-refractivity contribution is -0.124. The molecule has 102 valence electrons. The minimum Gasteiger partial charge on any atom is -0.395 e. The molecule has 0 fully saturated rings.